The fourth-order valence-corrected chi connectivity index (χ4v) is 8.19. The molecule has 4 rings (SSSR count). The Bertz CT molecular complexity index is 959. The van der Waals surface area contributed by atoms with Crippen LogP contribution in [0, 0.1) is 5.92 Å². The third kappa shape index (κ3) is 3.80. The summed E-state index contributed by atoms with van der Waals surface area (Å²) in [4.78, 5) is 0. The van der Waals surface area contributed by atoms with Crippen molar-refractivity contribution < 1.29 is 9.77 Å². The zero-order chi connectivity index (χ0) is 20.1. The lowest BCUT2D eigenvalue weighted by Crippen LogP contribution is -2.32. The van der Waals surface area contributed by atoms with Crippen molar-refractivity contribution in [2.45, 2.75) is 31.3 Å². The number of rotatable bonds is 5. The van der Waals surface area contributed by atoms with E-state index in [9.17, 15) is 5.21 Å². The van der Waals surface area contributed by atoms with Gasteiger partial charge < -0.3 is 9.77 Å². The van der Waals surface area contributed by atoms with E-state index in [-0.39, 0.29) is 11.6 Å². The molecule has 2 unspecified atom stereocenters. The largest absolute Gasteiger partial charge is 0.411 e. The maximum atomic E-state index is 15.1. The van der Waals surface area contributed by atoms with Crippen LogP contribution >= 0.6 is 7.14 Å². The van der Waals surface area contributed by atoms with Gasteiger partial charge in [-0.05, 0) is 24.8 Å². The minimum atomic E-state index is -3.07. The van der Waals surface area contributed by atoms with Crippen LogP contribution < -0.4 is 10.6 Å². The molecule has 0 bridgehead atoms. The molecule has 2 atom stereocenters. The van der Waals surface area contributed by atoms with Crippen LogP contribution in [-0.2, 0) is 4.57 Å². The summed E-state index contributed by atoms with van der Waals surface area (Å²) in [5.41, 5.74) is 1.55. The third-order valence-electron chi connectivity index (χ3n) is 5.95. The highest BCUT2D eigenvalue weighted by molar-refractivity contribution is 7.79. The summed E-state index contributed by atoms with van der Waals surface area (Å²) in [7, 11) is -3.07. The van der Waals surface area contributed by atoms with E-state index < -0.39 is 7.14 Å². The van der Waals surface area contributed by atoms with Crippen molar-refractivity contribution in [3.63, 3.8) is 0 Å². The molecule has 4 heteroatoms. The van der Waals surface area contributed by atoms with E-state index in [0.29, 0.717) is 0 Å². The van der Waals surface area contributed by atoms with Gasteiger partial charge in [0.1, 0.15) is 0 Å². The monoisotopic (exact) mass is 403 g/mol. The summed E-state index contributed by atoms with van der Waals surface area (Å²) in [6, 6.07) is 29.7. The molecule has 0 aliphatic heterocycles. The standard InChI is InChI=1S/C25H26NO2P/c27-26-24-19-11-10-18-23(24)25(20-12-4-1-5-13-20)29(28,21-14-6-2-7-15-21)22-16-8-3-9-17-22/h1-9,12-17,23,25,27H,10-11,18-19H2/b26-24+. The van der Waals surface area contributed by atoms with Crippen molar-refractivity contribution in [3.8, 4) is 0 Å². The Labute approximate surface area is 172 Å². The highest BCUT2D eigenvalue weighted by atomic mass is 31.2. The van der Waals surface area contributed by atoms with E-state index >= 15 is 4.57 Å². The second kappa shape index (κ2) is 8.80. The molecule has 0 saturated heterocycles. The molecule has 0 spiro atoms. The zero-order valence-electron chi connectivity index (χ0n) is 16.4. The van der Waals surface area contributed by atoms with Crippen molar-refractivity contribution in [2.24, 2.45) is 11.1 Å². The molecule has 1 fully saturated rings. The number of benzene rings is 3. The van der Waals surface area contributed by atoms with Crippen molar-refractivity contribution in [1.29, 1.82) is 0 Å². The highest BCUT2D eigenvalue weighted by Gasteiger charge is 2.44. The van der Waals surface area contributed by atoms with Crippen molar-refractivity contribution in [1.82, 2.24) is 0 Å². The van der Waals surface area contributed by atoms with Crippen LogP contribution in [0.25, 0.3) is 0 Å². The predicted molar refractivity (Wildman–Crippen MR) is 120 cm³/mol. The average Bonchev–Trinajstić information content (AvgIpc) is 2.81. The molecule has 1 N–H and O–H groups in total. The number of oxime groups is 1. The minimum Gasteiger partial charge on any atom is -0.411 e. The summed E-state index contributed by atoms with van der Waals surface area (Å²) < 4.78 is 15.1. The van der Waals surface area contributed by atoms with Crippen molar-refractivity contribution >= 4 is 23.5 Å². The molecule has 1 aliphatic carbocycles. The van der Waals surface area contributed by atoms with Crippen LogP contribution in [0.1, 0.15) is 36.9 Å². The minimum absolute atomic E-state index is 0.0533. The molecule has 29 heavy (non-hydrogen) atoms. The average molecular weight is 403 g/mol. The molecule has 1 aliphatic rings. The maximum absolute atomic E-state index is 15.1. The maximum Gasteiger partial charge on any atom is 0.151 e. The molecule has 0 radical (unpaired) electrons. The first-order valence-corrected chi connectivity index (χ1v) is 12.0. The van der Waals surface area contributed by atoms with E-state index in [1.54, 1.807) is 0 Å². The van der Waals surface area contributed by atoms with Crippen LogP contribution in [0.4, 0.5) is 0 Å². The van der Waals surface area contributed by atoms with Crippen molar-refractivity contribution in [3.05, 3.63) is 96.6 Å². The van der Waals surface area contributed by atoms with Gasteiger partial charge in [-0.3, -0.25) is 0 Å². The Balaban J connectivity index is 1.98. The smallest absolute Gasteiger partial charge is 0.151 e. The molecule has 3 aromatic rings. The van der Waals surface area contributed by atoms with Gasteiger partial charge in [-0.15, -0.1) is 0 Å². The Kier molecular flexibility index (Phi) is 5.97. The second-order valence-electron chi connectivity index (χ2n) is 7.63. The SMILES string of the molecule is O=P(c1ccccc1)(c1ccccc1)C(c1ccccc1)C1CCCC/C1=N\O. The van der Waals surface area contributed by atoms with Gasteiger partial charge in [-0.1, -0.05) is 103 Å². The number of hydrogen-bond donors (Lipinski definition) is 1. The molecule has 1 saturated carbocycles. The molecule has 3 nitrogen and oxygen atoms in total. The van der Waals surface area contributed by atoms with Gasteiger partial charge >= 0.3 is 0 Å². The molecular weight excluding hydrogens is 377 g/mol. The third-order valence-corrected chi connectivity index (χ3v) is 9.52. The zero-order valence-corrected chi connectivity index (χ0v) is 17.3. The van der Waals surface area contributed by atoms with Gasteiger partial charge in [0.05, 0.1) is 11.4 Å². The quantitative estimate of drug-likeness (QED) is 0.334. The van der Waals surface area contributed by atoms with Crippen LogP contribution in [0.5, 0.6) is 0 Å². The normalized spacial score (nSPS) is 19.7. The summed E-state index contributed by atoms with van der Waals surface area (Å²) in [6.45, 7) is 0. The van der Waals surface area contributed by atoms with Gasteiger partial charge in [0.15, 0.2) is 7.14 Å². The molecule has 0 amide bonds. The first kappa shape index (κ1) is 19.7. The first-order chi connectivity index (χ1) is 14.2. The van der Waals surface area contributed by atoms with E-state index in [0.717, 1.165) is 47.6 Å². The first-order valence-electron chi connectivity index (χ1n) is 10.2. The highest BCUT2D eigenvalue weighted by Crippen LogP contribution is 2.62. The lowest BCUT2D eigenvalue weighted by atomic mass is 9.82. The van der Waals surface area contributed by atoms with E-state index in [1.165, 1.54) is 0 Å². The Morgan fingerprint density at radius 3 is 1.83 bits per heavy atom. The lowest BCUT2D eigenvalue weighted by molar-refractivity contribution is 0.308. The summed E-state index contributed by atoms with van der Waals surface area (Å²) in [6.07, 6.45) is 3.70. The fraction of sp³-hybridized carbons (Fsp3) is 0.240. The number of hydrogen-bond acceptors (Lipinski definition) is 3. The van der Waals surface area contributed by atoms with Crippen LogP contribution in [0.2, 0.25) is 0 Å². The van der Waals surface area contributed by atoms with E-state index in [1.807, 2.05) is 78.9 Å². The molecule has 0 heterocycles. The summed E-state index contributed by atoms with van der Waals surface area (Å²) in [5, 5.41) is 15.1. The second-order valence-corrected chi connectivity index (χ2v) is 10.5. The van der Waals surface area contributed by atoms with Crippen molar-refractivity contribution in [2.75, 3.05) is 0 Å². The van der Waals surface area contributed by atoms with Gasteiger partial charge in [-0.25, -0.2) is 0 Å². The molecule has 3 aromatic carbocycles. The van der Waals surface area contributed by atoms with Crippen LogP contribution in [-0.4, -0.2) is 10.9 Å². The molecular formula is C25H26NO2P. The lowest BCUT2D eigenvalue weighted by Gasteiger charge is -2.37. The van der Waals surface area contributed by atoms with E-state index in [4.69, 9.17) is 0 Å². The Hall–Kier alpha value is -2.64. The van der Waals surface area contributed by atoms with Gasteiger partial charge in [0.25, 0.3) is 0 Å². The predicted octanol–water partition coefficient (Wildman–Crippen LogP) is 5.76. The molecule has 0 aromatic heterocycles. The molecule has 148 valence electrons. The summed E-state index contributed by atoms with van der Waals surface area (Å²) >= 11 is 0. The summed E-state index contributed by atoms with van der Waals surface area (Å²) in [5.74, 6) is -0.0533. The Morgan fingerprint density at radius 1 is 0.793 bits per heavy atom. The van der Waals surface area contributed by atoms with Gasteiger partial charge in [0, 0.05) is 16.5 Å². The Morgan fingerprint density at radius 2 is 1.31 bits per heavy atom. The topological polar surface area (TPSA) is 49.7 Å². The van der Waals surface area contributed by atoms with Crippen LogP contribution in [0.3, 0.4) is 0 Å². The van der Waals surface area contributed by atoms with Gasteiger partial charge in [0.2, 0.25) is 0 Å². The fourth-order valence-electron chi connectivity index (χ4n) is 4.60. The van der Waals surface area contributed by atoms with Crippen LogP contribution in [0.15, 0.2) is 96.2 Å². The van der Waals surface area contributed by atoms with Gasteiger partial charge in [-0.2, -0.15) is 0 Å². The van der Waals surface area contributed by atoms with E-state index in [2.05, 4.69) is 17.3 Å². The number of nitrogens with zero attached hydrogens (tertiary/aromatic N) is 1.